The van der Waals surface area contributed by atoms with Gasteiger partial charge < -0.3 is 5.32 Å². The Morgan fingerprint density at radius 3 is 2.38 bits per heavy atom. The summed E-state index contributed by atoms with van der Waals surface area (Å²) in [6.07, 6.45) is 6.11. The van der Waals surface area contributed by atoms with Gasteiger partial charge in [0.15, 0.2) is 0 Å². The summed E-state index contributed by atoms with van der Waals surface area (Å²) in [5, 5.41) is 3.40. The average molecular weight is 345 g/mol. The summed E-state index contributed by atoms with van der Waals surface area (Å²) in [5.41, 5.74) is 2.84. The average Bonchev–Trinajstić information content (AvgIpc) is 2.70. The molecule has 1 N–H and O–H groups in total. The van der Waals surface area contributed by atoms with Gasteiger partial charge in [-0.05, 0) is 50.1 Å². The van der Waals surface area contributed by atoms with Crippen molar-refractivity contribution in [2.24, 2.45) is 0 Å². The first kappa shape index (κ1) is 12.3. The molecule has 1 atom stereocenters. The largest absolute Gasteiger partial charge is 0.310 e. The monoisotopic (exact) mass is 343 g/mol. The molecule has 0 aliphatic heterocycles. The number of allylic oxidation sites excluding steroid dienone is 1. The molecule has 0 bridgehead atoms. The van der Waals surface area contributed by atoms with Crippen molar-refractivity contribution in [3.8, 4) is 0 Å². The summed E-state index contributed by atoms with van der Waals surface area (Å²) in [7, 11) is 2.03. The van der Waals surface area contributed by atoms with Gasteiger partial charge in [0.25, 0.3) is 0 Å². The molecule has 1 aromatic carbocycles. The van der Waals surface area contributed by atoms with E-state index in [0.717, 1.165) is 8.95 Å². The fraction of sp³-hybridized carbons (Fsp3) is 0.385. The molecule has 1 nitrogen and oxygen atoms in total. The third kappa shape index (κ3) is 2.76. The normalized spacial score (nSPS) is 17.3. The number of likely N-dealkylation sites (N-methyl/N-ethyl adjacent to an activating group) is 1. The van der Waals surface area contributed by atoms with E-state index in [0.29, 0.717) is 6.04 Å². The number of hydrogen-bond donors (Lipinski definition) is 1. The maximum absolute atomic E-state index is 3.54. The Morgan fingerprint density at radius 1 is 1.19 bits per heavy atom. The van der Waals surface area contributed by atoms with Gasteiger partial charge >= 0.3 is 0 Å². The van der Waals surface area contributed by atoms with Crippen LogP contribution >= 0.6 is 31.9 Å². The van der Waals surface area contributed by atoms with Crippen LogP contribution in [0.2, 0.25) is 0 Å². The predicted octanol–water partition coefficient (Wildman–Crippen LogP) is 4.58. The SMILES string of the molecule is CNC(C1=CCCC1)c1cc(Br)cc(Br)c1. The Labute approximate surface area is 114 Å². The Hall–Kier alpha value is -0.120. The Kier molecular flexibility index (Phi) is 4.22. The van der Waals surface area contributed by atoms with Crippen LogP contribution < -0.4 is 5.32 Å². The molecule has 2 rings (SSSR count). The molecule has 16 heavy (non-hydrogen) atoms. The first-order valence-corrected chi connectivity index (χ1v) is 7.11. The lowest BCUT2D eigenvalue weighted by atomic mass is 9.98. The maximum Gasteiger partial charge on any atom is 0.0534 e. The molecule has 0 aromatic heterocycles. The van der Waals surface area contributed by atoms with Crippen molar-refractivity contribution in [3.63, 3.8) is 0 Å². The van der Waals surface area contributed by atoms with E-state index in [1.807, 2.05) is 7.05 Å². The third-order valence-corrected chi connectivity index (χ3v) is 3.87. The molecule has 0 spiro atoms. The van der Waals surface area contributed by atoms with Crippen LogP contribution in [0.15, 0.2) is 38.8 Å². The summed E-state index contributed by atoms with van der Waals surface area (Å²) in [6, 6.07) is 6.80. The molecule has 1 aromatic rings. The second kappa shape index (κ2) is 5.48. The molecular weight excluding hydrogens is 330 g/mol. The molecule has 1 aliphatic carbocycles. The number of halogens is 2. The van der Waals surface area contributed by atoms with Gasteiger partial charge in [-0.2, -0.15) is 0 Å². The zero-order valence-electron chi connectivity index (χ0n) is 9.26. The van der Waals surface area contributed by atoms with Gasteiger partial charge in [0, 0.05) is 8.95 Å². The van der Waals surface area contributed by atoms with Crippen molar-refractivity contribution in [2.45, 2.75) is 25.3 Å². The van der Waals surface area contributed by atoms with E-state index in [-0.39, 0.29) is 0 Å². The molecule has 0 heterocycles. The van der Waals surface area contributed by atoms with Gasteiger partial charge in [-0.25, -0.2) is 0 Å². The summed E-state index contributed by atoms with van der Waals surface area (Å²) in [6.45, 7) is 0. The molecule has 86 valence electrons. The van der Waals surface area contributed by atoms with Crippen molar-refractivity contribution >= 4 is 31.9 Å². The molecule has 1 unspecified atom stereocenters. The lowest BCUT2D eigenvalue weighted by Gasteiger charge is -2.19. The smallest absolute Gasteiger partial charge is 0.0534 e. The standard InChI is InChI=1S/C13H15Br2N/c1-16-13(9-4-2-3-5-9)10-6-11(14)8-12(15)7-10/h4,6-8,13,16H,2-3,5H2,1H3. The number of benzene rings is 1. The van der Waals surface area contributed by atoms with Crippen LogP contribution in [0.25, 0.3) is 0 Å². The lowest BCUT2D eigenvalue weighted by Crippen LogP contribution is -2.18. The first-order valence-electron chi connectivity index (χ1n) is 5.53. The lowest BCUT2D eigenvalue weighted by molar-refractivity contribution is 0.655. The highest BCUT2D eigenvalue weighted by molar-refractivity contribution is 9.11. The van der Waals surface area contributed by atoms with Crippen LogP contribution in [0.4, 0.5) is 0 Å². The van der Waals surface area contributed by atoms with Gasteiger partial charge in [0.1, 0.15) is 0 Å². The first-order chi connectivity index (χ1) is 7.70. The molecule has 0 radical (unpaired) electrons. The van der Waals surface area contributed by atoms with E-state index in [4.69, 9.17) is 0 Å². The Bertz CT molecular complexity index is 392. The van der Waals surface area contributed by atoms with Gasteiger partial charge in [-0.3, -0.25) is 0 Å². The zero-order chi connectivity index (χ0) is 11.5. The molecular formula is C13H15Br2N. The van der Waals surface area contributed by atoms with Crippen LogP contribution in [0.3, 0.4) is 0 Å². The molecule has 3 heteroatoms. The topological polar surface area (TPSA) is 12.0 Å². The highest BCUT2D eigenvalue weighted by Gasteiger charge is 2.17. The minimum absolute atomic E-state index is 0.358. The molecule has 0 amide bonds. The maximum atomic E-state index is 3.54. The van der Waals surface area contributed by atoms with Crippen molar-refractivity contribution in [1.82, 2.24) is 5.32 Å². The van der Waals surface area contributed by atoms with Crippen LogP contribution in [-0.4, -0.2) is 7.05 Å². The van der Waals surface area contributed by atoms with Crippen molar-refractivity contribution < 1.29 is 0 Å². The molecule has 0 saturated carbocycles. The highest BCUT2D eigenvalue weighted by atomic mass is 79.9. The molecule has 0 saturated heterocycles. The van der Waals surface area contributed by atoms with E-state index < -0.39 is 0 Å². The van der Waals surface area contributed by atoms with E-state index >= 15 is 0 Å². The van der Waals surface area contributed by atoms with Gasteiger partial charge in [-0.1, -0.05) is 43.5 Å². The summed E-state index contributed by atoms with van der Waals surface area (Å²) in [5.74, 6) is 0. The summed E-state index contributed by atoms with van der Waals surface area (Å²) >= 11 is 7.08. The number of hydrogen-bond acceptors (Lipinski definition) is 1. The second-order valence-electron chi connectivity index (χ2n) is 4.10. The summed E-state index contributed by atoms with van der Waals surface area (Å²) in [4.78, 5) is 0. The van der Waals surface area contributed by atoms with Gasteiger partial charge in [0.05, 0.1) is 6.04 Å². The van der Waals surface area contributed by atoms with E-state index in [1.165, 1.54) is 30.4 Å². The minimum atomic E-state index is 0.358. The van der Waals surface area contributed by atoms with Gasteiger partial charge in [0.2, 0.25) is 0 Å². The van der Waals surface area contributed by atoms with E-state index in [9.17, 15) is 0 Å². The molecule has 0 fully saturated rings. The van der Waals surface area contributed by atoms with Crippen molar-refractivity contribution in [1.29, 1.82) is 0 Å². The number of rotatable bonds is 3. The van der Waals surface area contributed by atoms with Crippen LogP contribution in [-0.2, 0) is 0 Å². The fourth-order valence-corrected chi connectivity index (χ4v) is 3.59. The zero-order valence-corrected chi connectivity index (χ0v) is 12.4. The van der Waals surface area contributed by atoms with Crippen LogP contribution in [0, 0.1) is 0 Å². The second-order valence-corrected chi connectivity index (χ2v) is 5.93. The Morgan fingerprint density at radius 2 is 1.88 bits per heavy atom. The van der Waals surface area contributed by atoms with Crippen LogP contribution in [0.1, 0.15) is 30.9 Å². The van der Waals surface area contributed by atoms with Crippen LogP contribution in [0.5, 0.6) is 0 Å². The van der Waals surface area contributed by atoms with Gasteiger partial charge in [-0.15, -0.1) is 0 Å². The van der Waals surface area contributed by atoms with E-state index in [2.05, 4.69) is 61.5 Å². The van der Waals surface area contributed by atoms with E-state index in [1.54, 1.807) is 0 Å². The highest BCUT2D eigenvalue weighted by Crippen LogP contribution is 2.33. The van der Waals surface area contributed by atoms with Crippen molar-refractivity contribution in [3.05, 3.63) is 44.4 Å². The summed E-state index contributed by atoms with van der Waals surface area (Å²) < 4.78 is 2.24. The third-order valence-electron chi connectivity index (χ3n) is 2.95. The fourth-order valence-electron chi connectivity index (χ4n) is 2.27. The number of nitrogens with one attached hydrogen (secondary N) is 1. The molecule has 1 aliphatic rings. The predicted molar refractivity (Wildman–Crippen MR) is 75.6 cm³/mol. The quantitative estimate of drug-likeness (QED) is 0.791. The Balaban J connectivity index is 2.32. The van der Waals surface area contributed by atoms with Crippen molar-refractivity contribution in [2.75, 3.05) is 7.05 Å². The minimum Gasteiger partial charge on any atom is -0.310 e.